The minimum Gasteiger partial charge on any atom is -0.444 e. The summed E-state index contributed by atoms with van der Waals surface area (Å²) in [5.74, 6) is -1.61. The molecule has 0 unspecified atom stereocenters. The normalized spacial score (nSPS) is 21.3. The molecule has 3 amide bonds. The van der Waals surface area contributed by atoms with Crippen molar-refractivity contribution >= 4 is 52.5 Å². The monoisotopic (exact) mass is 455 g/mol. The largest absolute Gasteiger partial charge is 0.444 e. The maximum Gasteiger partial charge on any atom is 0.407 e. The number of thiocarbonyl (C=S) groups is 1. The summed E-state index contributed by atoms with van der Waals surface area (Å²) in [6, 6.07) is 2.04. The van der Waals surface area contributed by atoms with E-state index in [2.05, 4.69) is 20.9 Å². The molecule has 1 aromatic rings. The van der Waals surface area contributed by atoms with E-state index in [1.807, 2.05) is 0 Å². The number of carbonyl (C=O) groups is 3. The Kier molecular flexibility index (Phi) is 7.96. The molecule has 164 valence electrons. The molecule has 0 saturated heterocycles. The summed E-state index contributed by atoms with van der Waals surface area (Å²) in [6.45, 7) is 5.25. The van der Waals surface area contributed by atoms with Crippen LogP contribution in [-0.2, 0) is 14.3 Å². The van der Waals surface area contributed by atoms with Crippen molar-refractivity contribution in [1.82, 2.24) is 15.6 Å². The first-order chi connectivity index (χ1) is 13.9. The third kappa shape index (κ3) is 7.42. The first kappa shape index (κ1) is 23.8. The molecule has 0 aliphatic heterocycles. The number of carbonyl (C=O) groups excluding carboxylic acids is 3. The topological polar surface area (TPSA) is 135 Å². The van der Waals surface area contributed by atoms with Gasteiger partial charge in [0.15, 0.2) is 0 Å². The van der Waals surface area contributed by atoms with Crippen molar-refractivity contribution in [2.75, 3.05) is 5.32 Å². The fourth-order valence-electron chi connectivity index (χ4n) is 3.08. The summed E-state index contributed by atoms with van der Waals surface area (Å²) in [6.07, 6.45) is 2.28. The van der Waals surface area contributed by atoms with Gasteiger partial charge in [0.25, 0.3) is 0 Å². The summed E-state index contributed by atoms with van der Waals surface area (Å²) in [4.78, 5) is 41.1. The van der Waals surface area contributed by atoms with Crippen LogP contribution in [0.3, 0.4) is 0 Å². The average Bonchev–Trinajstić information content (AvgIpc) is 2.63. The molecule has 11 heteroatoms. The molecular weight excluding hydrogens is 430 g/mol. The molecule has 0 radical (unpaired) electrons. The third-order valence-electron chi connectivity index (χ3n) is 4.45. The number of hydrogen-bond acceptors (Lipinski definition) is 6. The van der Waals surface area contributed by atoms with Crippen molar-refractivity contribution < 1.29 is 19.1 Å². The molecule has 1 aliphatic rings. The van der Waals surface area contributed by atoms with Crippen molar-refractivity contribution in [3.05, 3.63) is 23.4 Å². The Labute approximate surface area is 185 Å². The summed E-state index contributed by atoms with van der Waals surface area (Å²) in [7, 11) is 0. The second kappa shape index (κ2) is 10.0. The first-order valence-electron chi connectivity index (χ1n) is 9.47. The van der Waals surface area contributed by atoms with Gasteiger partial charge in [-0.05, 0) is 52.2 Å². The number of aromatic nitrogens is 1. The molecule has 5 N–H and O–H groups in total. The van der Waals surface area contributed by atoms with Crippen LogP contribution >= 0.6 is 23.8 Å². The zero-order valence-corrected chi connectivity index (χ0v) is 18.6. The van der Waals surface area contributed by atoms with Crippen molar-refractivity contribution in [2.45, 2.75) is 57.7 Å². The minimum atomic E-state index is -0.877. The highest BCUT2D eigenvalue weighted by molar-refractivity contribution is 7.80. The van der Waals surface area contributed by atoms with Crippen LogP contribution in [0.5, 0.6) is 0 Å². The van der Waals surface area contributed by atoms with Crippen molar-refractivity contribution in [3.8, 4) is 0 Å². The molecule has 1 heterocycles. The number of nitrogens with two attached hydrogens (primary N) is 1. The number of amides is 3. The molecule has 1 saturated carbocycles. The van der Waals surface area contributed by atoms with E-state index < -0.39 is 35.6 Å². The lowest BCUT2D eigenvalue weighted by atomic mass is 9.82. The van der Waals surface area contributed by atoms with Crippen LogP contribution in [0, 0.1) is 5.92 Å². The molecule has 30 heavy (non-hydrogen) atoms. The van der Waals surface area contributed by atoms with E-state index in [1.54, 1.807) is 26.8 Å². The fraction of sp³-hybridized carbons (Fsp3) is 0.526. The lowest BCUT2D eigenvalue weighted by Gasteiger charge is -2.36. The highest BCUT2D eigenvalue weighted by atomic mass is 35.5. The van der Waals surface area contributed by atoms with Gasteiger partial charge in [-0.25, -0.2) is 9.78 Å². The average molecular weight is 456 g/mol. The SMILES string of the molecule is CC(C)(C)OC(=O)N[C@@H]1C[C@@H](C(N)=S)CC[C@@H]1NC(=O)C(=O)Nc1ccc(Cl)cn1. The zero-order chi connectivity index (χ0) is 22.5. The Morgan fingerprint density at radius 1 is 1.17 bits per heavy atom. The molecule has 1 aliphatic carbocycles. The van der Waals surface area contributed by atoms with Crippen molar-refractivity contribution in [3.63, 3.8) is 0 Å². The van der Waals surface area contributed by atoms with E-state index in [1.165, 1.54) is 12.3 Å². The predicted octanol–water partition coefficient (Wildman–Crippen LogP) is 2.14. The molecule has 1 aromatic heterocycles. The number of nitrogens with zero attached hydrogens (tertiary/aromatic N) is 1. The Bertz CT molecular complexity index is 812. The lowest BCUT2D eigenvalue weighted by Crippen LogP contribution is -2.57. The summed E-state index contributed by atoms with van der Waals surface area (Å²) >= 11 is 10.8. The van der Waals surface area contributed by atoms with Gasteiger partial charge in [-0.2, -0.15) is 0 Å². The van der Waals surface area contributed by atoms with Gasteiger partial charge in [0.05, 0.1) is 16.1 Å². The van der Waals surface area contributed by atoms with Crippen LogP contribution in [0.25, 0.3) is 0 Å². The van der Waals surface area contributed by atoms with Crippen molar-refractivity contribution in [1.29, 1.82) is 0 Å². The molecule has 0 bridgehead atoms. The van der Waals surface area contributed by atoms with E-state index in [4.69, 9.17) is 34.3 Å². The van der Waals surface area contributed by atoms with Gasteiger partial charge in [0.1, 0.15) is 11.4 Å². The maximum absolute atomic E-state index is 12.4. The molecule has 0 spiro atoms. The summed E-state index contributed by atoms with van der Waals surface area (Å²) in [5.41, 5.74) is 5.10. The third-order valence-corrected chi connectivity index (χ3v) is 5.00. The van der Waals surface area contributed by atoms with E-state index in [0.29, 0.717) is 29.3 Å². The van der Waals surface area contributed by atoms with E-state index in [9.17, 15) is 14.4 Å². The van der Waals surface area contributed by atoms with Crippen LogP contribution in [-0.4, -0.2) is 45.6 Å². The van der Waals surface area contributed by atoms with Crippen LogP contribution < -0.4 is 21.7 Å². The Morgan fingerprint density at radius 3 is 2.43 bits per heavy atom. The van der Waals surface area contributed by atoms with Gasteiger partial charge in [-0.3, -0.25) is 9.59 Å². The smallest absolute Gasteiger partial charge is 0.407 e. The van der Waals surface area contributed by atoms with Gasteiger partial charge < -0.3 is 26.4 Å². The second-order valence-corrected chi connectivity index (χ2v) is 8.97. The maximum atomic E-state index is 12.4. The quantitative estimate of drug-likeness (QED) is 0.403. The highest BCUT2D eigenvalue weighted by Gasteiger charge is 2.35. The van der Waals surface area contributed by atoms with Crippen LogP contribution in [0.2, 0.25) is 5.02 Å². The number of nitrogens with one attached hydrogen (secondary N) is 3. The summed E-state index contributed by atoms with van der Waals surface area (Å²) < 4.78 is 5.30. The molecular formula is C19H26ClN5O4S. The van der Waals surface area contributed by atoms with Crippen LogP contribution in [0.4, 0.5) is 10.6 Å². The van der Waals surface area contributed by atoms with Gasteiger partial charge in [0.2, 0.25) is 0 Å². The Morgan fingerprint density at radius 2 is 1.87 bits per heavy atom. The molecule has 0 aromatic carbocycles. The van der Waals surface area contributed by atoms with Crippen LogP contribution in [0.15, 0.2) is 18.3 Å². The van der Waals surface area contributed by atoms with Crippen LogP contribution in [0.1, 0.15) is 40.0 Å². The zero-order valence-electron chi connectivity index (χ0n) is 17.0. The molecule has 9 nitrogen and oxygen atoms in total. The number of anilines is 1. The number of halogens is 1. The molecule has 3 atom stereocenters. The number of rotatable bonds is 4. The van der Waals surface area contributed by atoms with Gasteiger partial charge in [0, 0.05) is 18.2 Å². The number of hydrogen-bond donors (Lipinski definition) is 4. The minimum absolute atomic E-state index is 0.0832. The standard InChI is InChI=1S/C19H26ClN5O4S/c1-19(2,3)29-18(28)24-13-8-10(15(21)30)4-6-12(13)23-16(26)17(27)25-14-7-5-11(20)9-22-14/h5,7,9-10,12-13H,4,6,8H2,1-3H3,(H2,21,30)(H,23,26)(H,24,28)(H,22,25,27)/t10-,12-,13+/m0/s1. The number of pyridine rings is 1. The van der Waals surface area contributed by atoms with Gasteiger partial charge in [-0.15, -0.1) is 0 Å². The molecule has 2 rings (SSSR count). The van der Waals surface area contributed by atoms with E-state index >= 15 is 0 Å². The first-order valence-corrected chi connectivity index (χ1v) is 10.3. The van der Waals surface area contributed by atoms with Crippen molar-refractivity contribution in [2.24, 2.45) is 11.7 Å². The predicted molar refractivity (Wildman–Crippen MR) is 117 cm³/mol. The fourth-order valence-corrected chi connectivity index (χ4v) is 3.40. The number of ether oxygens (including phenoxy) is 1. The molecule has 1 fully saturated rings. The Hall–Kier alpha value is -2.46. The summed E-state index contributed by atoms with van der Waals surface area (Å²) in [5, 5.41) is 8.23. The van der Waals surface area contributed by atoms with Gasteiger partial charge >= 0.3 is 17.9 Å². The lowest BCUT2D eigenvalue weighted by molar-refractivity contribution is -0.136. The second-order valence-electron chi connectivity index (χ2n) is 8.06. The van der Waals surface area contributed by atoms with E-state index in [-0.39, 0.29) is 11.7 Å². The van der Waals surface area contributed by atoms with Gasteiger partial charge in [-0.1, -0.05) is 23.8 Å². The number of alkyl carbamates (subject to hydrolysis) is 1. The Balaban J connectivity index is 2.02. The van der Waals surface area contributed by atoms with E-state index in [0.717, 1.165) is 0 Å². The highest BCUT2D eigenvalue weighted by Crippen LogP contribution is 2.26.